The molecule has 0 spiro atoms. The van der Waals surface area contributed by atoms with Crippen LogP contribution in [0.25, 0.3) is 0 Å². The Morgan fingerprint density at radius 1 is 1.13 bits per heavy atom. The van der Waals surface area contributed by atoms with Crippen molar-refractivity contribution in [3.63, 3.8) is 0 Å². The number of anilines is 1. The van der Waals surface area contributed by atoms with E-state index in [1.54, 1.807) is 18.7 Å². The van der Waals surface area contributed by atoms with E-state index >= 15 is 0 Å². The van der Waals surface area contributed by atoms with Gasteiger partial charge in [0.15, 0.2) is 10.4 Å². The van der Waals surface area contributed by atoms with E-state index in [1.807, 2.05) is 25.1 Å². The topological polar surface area (TPSA) is 64.1 Å². The maximum absolute atomic E-state index is 12.6. The quantitative estimate of drug-likeness (QED) is 0.344. The summed E-state index contributed by atoms with van der Waals surface area (Å²) in [6.07, 6.45) is -0.642. The number of thioether (sulfide) groups is 1. The minimum atomic E-state index is -0.642. The number of aryl methyl sites for hydroxylation is 2. The van der Waals surface area contributed by atoms with Gasteiger partial charge < -0.3 is 4.74 Å². The first-order valence-electron chi connectivity index (χ1n) is 9.92. The number of ether oxygens (including phenoxy) is 1. The van der Waals surface area contributed by atoms with E-state index in [9.17, 15) is 4.79 Å². The minimum Gasteiger partial charge on any atom is -0.481 e. The van der Waals surface area contributed by atoms with Crippen molar-refractivity contribution < 1.29 is 9.53 Å². The number of nitrogens with zero attached hydrogens (tertiary/aromatic N) is 2. The molecule has 1 atom stereocenters. The Labute approximate surface area is 186 Å². The van der Waals surface area contributed by atoms with Gasteiger partial charge in [-0.2, -0.15) is 0 Å². The number of rotatable bonds is 8. The van der Waals surface area contributed by atoms with Gasteiger partial charge in [-0.1, -0.05) is 73.3 Å². The molecule has 1 amide bonds. The number of aromatic nitrogens is 2. The zero-order chi connectivity index (χ0) is 21.7. The maximum Gasteiger partial charge on any atom is 0.266 e. The highest BCUT2D eigenvalue weighted by Gasteiger charge is 2.19. The van der Waals surface area contributed by atoms with Crippen molar-refractivity contribution in [1.82, 2.24) is 10.2 Å². The predicted octanol–water partition coefficient (Wildman–Crippen LogP) is 5.98. The fourth-order valence-corrected chi connectivity index (χ4v) is 4.73. The normalized spacial score (nSPS) is 12.1. The summed E-state index contributed by atoms with van der Waals surface area (Å²) in [5, 5.41) is 11.6. The summed E-state index contributed by atoms with van der Waals surface area (Å²) in [5.74, 6) is 1.64. The third kappa shape index (κ3) is 5.83. The van der Waals surface area contributed by atoms with Crippen molar-refractivity contribution in [2.24, 2.45) is 0 Å². The largest absolute Gasteiger partial charge is 0.481 e. The second kappa shape index (κ2) is 10.1. The number of carbonyl (C=O) groups is 1. The van der Waals surface area contributed by atoms with E-state index in [0.717, 1.165) is 27.0 Å². The Morgan fingerprint density at radius 3 is 2.63 bits per heavy atom. The molecule has 7 heteroatoms. The predicted molar refractivity (Wildman–Crippen MR) is 125 cm³/mol. The Balaban J connectivity index is 1.59. The number of amides is 1. The first-order chi connectivity index (χ1) is 14.3. The summed E-state index contributed by atoms with van der Waals surface area (Å²) < 4.78 is 6.81. The van der Waals surface area contributed by atoms with Gasteiger partial charge in [0, 0.05) is 5.75 Å². The molecule has 1 aromatic heterocycles. The fourth-order valence-electron chi connectivity index (χ4n) is 2.90. The van der Waals surface area contributed by atoms with Crippen LogP contribution in [0.1, 0.15) is 48.9 Å². The fraction of sp³-hybridized carbons (Fsp3) is 0.348. The second-order valence-electron chi connectivity index (χ2n) is 7.53. The van der Waals surface area contributed by atoms with Crippen LogP contribution in [0.4, 0.5) is 5.13 Å². The molecule has 30 heavy (non-hydrogen) atoms. The molecule has 0 aliphatic rings. The van der Waals surface area contributed by atoms with Crippen LogP contribution in [0.15, 0.2) is 46.8 Å². The first-order valence-corrected chi connectivity index (χ1v) is 11.7. The molecule has 2 aromatic carbocycles. The maximum atomic E-state index is 12.6. The third-order valence-corrected chi connectivity index (χ3v) is 6.73. The summed E-state index contributed by atoms with van der Waals surface area (Å²) in [5.41, 5.74) is 4.71. The van der Waals surface area contributed by atoms with Crippen LogP contribution in [0, 0.1) is 13.8 Å². The molecule has 0 aliphatic heterocycles. The lowest BCUT2D eigenvalue weighted by Crippen LogP contribution is -2.30. The lowest BCUT2D eigenvalue weighted by molar-refractivity contribution is -0.122. The molecule has 0 saturated heterocycles. The Kier molecular flexibility index (Phi) is 7.50. The van der Waals surface area contributed by atoms with Gasteiger partial charge in [0.05, 0.1) is 0 Å². The number of hydrogen-bond donors (Lipinski definition) is 1. The van der Waals surface area contributed by atoms with Gasteiger partial charge in [-0.05, 0) is 55.0 Å². The minimum absolute atomic E-state index is 0.238. The van der Waals surface area contributed by atoms with Gasteiger partial charge in [-0.3, -0.25) is 10.1 Å². The van der Waals surface area contributed by atoms with E-state index in [2.05, 4.69) is 60.6 Å². The highest BCUT2D eigenvalue weighted by atomic mass is 32.2. The zero-order valence-corrected chi connectivity index (χ0v) is 19.6. The summed E-state index contributed by atoms with van der Waals surface area (Å²) in [7, 11) is 0. The van der Waals surface area contributed by atoms with Gasteiger partial charge in [0.2, 0.25) is 5.13 Å². The van der Waals surface area contributed by atoms with Crippen LogP contribution in [0.3, 0.4) is 0 Å². The Hall–Kier alpha value is -2.38. The van der Waals surface area contributed by atoms with E-state index in [0.29, 0.717) is 11.0 Å². The number of nitrogens with one attached hydrogen (secondary N) is 1. The summed E-state index contributed by atoms with van der Waals surface area (Å²) in [6, 6.07) is 14.4. The zero-order valence-electron chi connectivity index (χ0n) is 17.9. The Bertz CT molecular complexity index is 1020. The highest BCUT2D eigenvalue weighted by molar-refractivity contribution is 8.00. The lowest BCUT2D eigenvalue weighted by atomic mass is 10.0. The molecular weight excluding hydrogens is 414 g/mol. The van der Waals surface area contributed by atoms with Crippen LogP contribution in [0.5, 0.6) is 5.75 Å². The van der Waals surface area contributed by atoms with Gasteiger partial charge in [0.25, 0.3) is 5.91 Å². The molecule has 158 valence electrons. The van der Waals surface area contributed by atoms with Crippen molar-refractivity contribution in [3.8, 4) is 5.75 Å². The van der Waals surface area contributed by atoms with E-state index in [4.69, 9.17) is 4.74 Å². The molecule has 0 fully saturated rings. The summed E-state index contributed by atoms with van der Waals surface area (Å²) >= 11 is 2.99. The molecule has 0 saturated carbocycles. The first kappa shape index (κ1) is 22.3. The molecule has 1 N–H and O–H groups in total. The second-order valence-corrected chi connectivity index (χ2v) is 9.73. The molecule has 0 aliphatic carbocycles. The van der Waals surface area contributed by atoms with E-state index in [1.165, 1.54) is 22.5 Å². The van der Waals surface area contributed by atoms with Crippen LogP contribution in [0.2, 0.25) is 0 Å². The highest BCUT2D eigenvalue weighted by Crippen LogP contribution is 2.30. The average molecular weight is 442 g/mol. The molecule has 0 radical (unpaired) electrons. The van der Waals surface area contributed by atoms with Gasteiger partial charge in [-0.15, -0.1) is 10.2 Å². The van der Waals surface area contributed by atoms with E-state index in [-0.39, 0.29) is 5.91 Å². The van der Waals surface area contributed by atoms with Crippen molar-refractivity contribution >= 4 is 34.1 Å². The molecular formula is C23H27N3O2S2. The summed E-state index contributed by atoms with van der Waals surface area (Å²) in [4.78, 5) is 12.6. The SMILES string of the molecule is Cc1ccc(C(C)C)c(O[C@H](C)C(=O)Nc2nnc(SCc3ccccc3C)s2)c1. The number of carbonyl (C=O) groups excluding carboxylic acids is 1. The molecule has 1 heterocycles. The van der Waals surface area contributed by atoms with Crippen LogP contribution in [-0.2, 0) is 10.5 Å². The number of benzene rings is 2. The Morgan fingerprint density at radius 2 is 1.90 bits per heavy atom. The summed E-state index contributed by atoms with van der Waals surface area (Å²) in [6.45, 7) is 10.1. The smallest absolute Gasteiger partial charge is 0.266 e. The molecule has 3 aromatic rings. The molecule has 0 bridgehead atoms. The van der Waals surface area contributed by atoms with Gasteiger partial charge in [0.1, 0.15) is 5.75 Å². The van der Waals surface area contributed by atoms with Crippen molar-refractivity contribution in [2.45, 2.75) is 56.7 Å². The van der Waals surface area contributed by atoms with Gasteiger partial charge in [-0.25, -0.2) is 0 Å². The van der Waals surface area contributed by atoms with Crippen molar-refractivity contribution in [1.29, 1.82) is 0 Å². The van der Waals surface area contributed by atoms with Crippen molar-refractivity contribution in [2.75, 3.05) is 5.32 Å². The van der Waals surface area contributed by atoms with Crippen LogP contribution < -0.4 is 10.1 Å². The molecule has 3 rings (SSSR count). The monoisotopic (exact) mass is 441 g/mol. The average Bonchev–Trinajstić information content (AvgIpc) is 3.14. The number of hydrogen-bond acceptors (Lipinski definition) is 6. The molecule has 5 nitrogen and oxygen atoms in total. The third-order valence-electron chi connectivity index (χ3n) is 4.71. The van der Waals surface area contributed by atoms with Crippen molar-refractivity contribution in [3.05, 3.63) is 64.7 Å². The lowest BCUT2D eigenvalue weighted by Gasteiger charge is -2.18. The van der Waals surface area contributed by atoms with Gasteiger partial charge >= 0.3 is 0 Å². The standard InChI is InChI=1S/C23H27N3O2S2/c1-14(2)19-11-10-15(3)12-20(19)28-17(5)21(27)24-22-25-26-23(30-22)29-13-18-9-7-6-8-16(18)4/h6-12,14,17H,13H2,1-5H3,(H,24,25,27)/t17-/m1/s1. The van der Waals surface area contributed by atoms with Crippen LogP contribution in [-0.4, -0.2) is 22.2 Å². The van der Waals surface area contributed by atoms with E-state index < -0.39 is 6.10 Å². The molecule has 0 unspecified atom stereocenters. The van der Waals surface area contributed by atoms with Crippen LogP contribution >= 0.6 is 23.1 Å².